The van der Waals surface area contributed by atoms with Crippen LogP contribution in [0.25, 0.3) is 0 Å². The van der Waals surface area contributed by atoms with E-state index in [1.165, 1.54) is 14.2 Å². The number of hydrogen-bond acceptors (Lipinski definition) is 7. The molecule has 0 spiro atoms. The van der Waals surface area contributed by atoms with Gasteiger partial charge in [-0.25, -0.2) is 0 Å². The smallest absolute Gasteiger partial charge is 0.303 e. The summed E-state index contributed by atoms with van der Waals surface area (Å²) in [7, 11) is 3.04. The zero-order valence-corrected chi connectivity index (χ0v) is 26.6. The van der Waals surface area contributed by atoms with Crippen LogP contribution in [0.15, 0.2) is 60.7 Å². The quantitative estimate of drug-likeness (QED) is 0.240. The van der Waals surface area contributed by atoms with E-state index in [1.54, 1.807) is 35.2 Å². The largest absolute Gasteiger partial charge is 0.493 e. The first-order chi connectivity index (χ1) is 21.5. The molecule has 0 radical (unpaired) electrons. The molecule has 240 valence electrons. The monoisotopic (exact) mass is 638 g/mol. The van der Waals surface area contributed by atoms with Crippen molar-refractivity contribution in [2.24, 2.45) is 5.41 Å². The van der Waals surface area contributed by atoms with E-state index in [9.17, 15) is 19.5 Å². The van der Waals surface area contributed by atoms with Crippen LogP contribution in [0.2, 0.25) is 5.02 Å². The van der Waals surface area contributed by atoms with E-state index in [-0.39, 0.29) is 32.5 Å². The van der Waals surface area contributed by atoms with Crippen molar-refractivity contribution in [3.8, 4) is 11.5 Å². The molecule has 1 aliphatic rings. The van der Waals surface area contributed by atoms with Gasteiger partial charge in [0.2, 0.25) is 5.91 Å². The van der Waals surface area contributed by atoms with Gasteiger partial charge in [-0.1, -0.05) is 61.8 Å². The number of rotatable bonds is 13. The molecule has 0 aromatic heterocycles. The maximum Gasteiger partial charge on any atom is 0.303 e. The zero-order chi connectivity index (χ0) is 32.7. The highest BCUT2D eigenvalue weighted by Gasteiger charge is 2.40. The topological polar surface area (TPSA) is 135 Å². The number of carbonyl (C=O) groups is 3. The maximum absolute atomic E-state index is 14.2. The number of nitrogens with zero attached hydrogens (tertiary/aromatic N) is 1. The average Bonchev–Trinajstić information content (AvgIpc) is 3.12. The second-order valence-electron chi connectivity index (χ2n) is 11.7. The first-order valence-corrected chi connectivity index (χ1v) is 15.0. The number of fused-ring (bicyclic) bond motifs is 1. The summed E-state index contributed by atoms with van der Waals surface area (Å²) in [6.45, 7) is 3.85. The van der Waals surface area contributed by atoms with Gasteiger partial charge in [-0.2, -0.15) is 0 Å². The number of aliphatic hydroxyl groups is 1. The normalized spacial score (nSPS) is 16.5. The molecular weight excluding hydrogens is 600 g/mol. The van der Waals surface area contributed by atoms with Crippen molar-refractivity contribution >= 4 is 35.1 Å². The molecule has 11 heteroatoms. The van der Waals surface area contributed by atoms with Gasteiger partial charge in [0, 0.05) is 53.4 Å². The molecule has 0 aliphatic carbocycles. The highest BCUT2D eigenvalue weighted by Crippen LogP contribution is 2.45. The molecule has 0 saturated heterocycles. The standard InChI is InChI=1S/C34H39ClN2O8/c1-34(2,20-38)19-37-26-13-12-23(35)16-25(26)31(24-9-6-10-27(43-3)32(24)44-4)45-28(33(37)42)17-29(39)36-18-22-8-5-7-21(15-22)11-14-30(40)41/h5-10,12-13,15-16,28,31,38H,11,14,17-20H2,1-4H3,(H,36,39)(H,40,41)/t28-,31-/m1/s1. The molecule has 3 aromatic carbocycles. The Balaban J connectivity index is 1.69. The highest BCUT2D eigenvalue weighted by atomic mass is 35.5. The number of anilines is 1. The number of hydrogen-bond donors (Lipinski definition) is 3. The Morgan fingerprint density at radius 1 is 1.02 bits per heavy atom. The van der Waals surface area contributed by atoms with E-state index < -0.39 is 35.4 Å². The Bertz CT molecular complexity index is 1540. The van der Waals surface area contributed by atoms with Crippen LogP contribution in [-0.4, -0.2) is 61.5 Å². The van der Waals surface area contributed by atoms with Gasteiger partial charge in [0.15, 0.2) is 11.5 Å². The number of benzene rings is 3. The number of carboxylic acids is 1. The molecule has 0 unspecified atom stereocenters. The number of nitrogens with one attached hydrogen (secondary N) is 1. The first-order valence-electron chi connectivity index (χ1n) is 14.6. The van der Waals surface area contributed by atoms with Gasteiger partial charge in [-0.15, -0.1) is 0 Å². The predicted molar refractivity (Wildman–Crippen MR) is 170 cm³/mol. The minimum absolute atomic E-state index is 0.00731. The van der Waals surface area contributed by atoms with Crippen molar-refractivity contribution in [2.75, 3.05) is 32.3 Å². The van der Waals surface area contributed by atoms with E-state index in [2.05, 4.69) is 5.32 Å². The third kappa shape index (κ3) is 8.33. The fourth-order valence-corrected chi connectivity index (χ4v) is 5.47. The molecule has 1 heterocycles. The molecule has 3 N–H and O–H groups in total. The van der Waals surface area contributed by atoms with E-state index in [1.807, 2.05) is 44.2 Å². The van der Waals surface area contributed by atoms with Crippen LogP contribution in [0, 0.1) is 5.41 Å². The average molecular weight is 639 g/mol. The van der Waals surface area contributed by atoms with Gasteiger partial charge in [-0.3, -0.25) is 14.4 Å². The Morgan fingerprint density at radius 2 is 1.76 bits per heavy atom. The number of amides is 2. The molecule has 0 bridgehead atoms. The number of aliphatic hydroxyl groups excluding tert-OH is 1. The summed E-state index contributed by atoms with van der Waals surface area (Å²) in [6, 6.07) is 17.8. The first kappa shape index (κ1) is 33.8. The van der Waals surface area contributed by atoms with Gasteiger partial charge in [-0.05, 0) is 41.8 Å². The molecule has 45 heavy (non-hydrogen) atoms. The summed E-state index contributed by atoms with van der Waals surface area (Å²) in [5.74, 6) is -0.844. The summed E-state index contributed by atoms with van der Waals surface area (Å²) in [5, 5.41) is 22.4. The minimum Gasteiger partial charge on any atom is -0.493 e. The molecule has 0 fully saturated rings. The fraction of sp³-hybridized carbons (Fsp3) is 0.382. The van der Waals surface area contributed by atoms with Crippen molar-refractivity contribution in [1.82, 2.24) is 5.32 Å². The van der Waals surface area contributed by atoms with Crippen molar-refractivity contribution in [3.05, 3.63) is 87.9 Å². The number of aliphatic carboxylic acids is 1. The van der Waals surface area contributed by atoms with E-state index in [0.717, 1.165) is 11.1 Å². The lowest BCUT2D eigenvalue weighted by Gasteiger charge is -2.32. The number of methoxy groups -OCH3 is 2. The Kier molecular flexibility index (Phi) is 11.1. The molecule has 1 aliphatic heterocycles. The lowest BCUT2D eigenvalue weighted by molar-refractivity contribution is -0.138. The van der Waals surface area contributed by atoms with Gasteiger partial charge in [0.25, 0.3) is 5.91 Å². The summed E-state index contributed by atoms with van der Waals surface area (Å²) in [4.78, 5) is 40.1. The summed E-state index contributed by atoms with van der Waals surface area (Å²) in [5.41, 5.74) is 2.70. The van der Waals surface area contributed by atoms with Crippen LogP contribution in [0.4, 0.5) is 5.69 Å². The van der Waals surface area contributed by atoms with Gasteiger partial charge < -0.3 is 34.6 Å². The van der Waals surface area contributed by atoms with E-state index >= 15 is 0 Å². The van der Waals surface area contributed by atoms with Crippen LogP contribution in [0.5, 0.6) is 11.5 Å². The van der Waals surface area contributed by atoms with Crippen LogP contribution in [-0.2, 0) is 32.1 Å². The third-order valence-corrected chi connectivity index (χ3v) is 7.85. The Labute approximate surface area is 267 Å². The summed E-state index contributed by atoms with van der Waals surface area (Å²) >= 11 is 6.48. The number of halogens is 1. The van der Waals surface area contributed by atoms with Crippen LogP contribution in [0.3, 0.4) is 0 Å². The second-order valence-corrected chi connectivity index (χ2v) is 12.2. The Morgan fingerprint density at radius 3 is 2.44 bits per heavy atom. The van der Waals surface area contributed by atoms with Crippen molar-refractivity contribution in [3.63, 3.8) is 0 Å². The van der Waals surface area contributed by atoms with Gasteiger partial charge in [0.05, 0.1) is 20.6 Å². The zero-order valence-electron chi connectivity index (χ0n) is 25.8. The van der Waals surface area contributed by atoms with Crippen LogP contribution >= 0.6 is 11.6 Å². The van der Waals surface area contributed by atoms with E-state index in [4.69, 9.17) is 30.9 Å². The van der Waals surface area contributed by atoms with Crippen LogP contribution < -0.4 is 19.7 Å². The summed E-state index contributed by atoms with van der Waals surface area (Å²) < 4.78 is 17.8. The number of aryl methyl sites for hydroxylation is 1. The third-order valence-electron chi connectivity index (χ3n) is 7.61. The van der Waals surface area contributed by atoms with Crippen molar-refractivity contribution in [2.45, 2.75) is 51.9 Å². The van der Waals surface area contributed by atoms with Gasteiger partial charge >= 0.3 is 5.97 Å². The molecule has 3 aromatic rings. The molecule has 0 saturated carbocycles. The SMILES string of the molecule is COc1cccc([C@H]2O[C@H](CC(=O)NCc3cccc(CCC(=O)O)c3)C(=O)N(CC(C)(C)CO)c3ccc(Cl)cc32)c1OC. The molecule has 2 amide bonds. The second kappa shape index (κ2) is 14.8. The van der Waals surface area contributed by atoms with E-state index in [0.29, 0.717) is 39.8 Å². The maximum atomic E-state index is 14.2. The van der Waals surface area contributed by atoms with Crippen LogP contribution in [0.1, 0.15) is 55.0 Å². The fourth-order valence-electron chi connectivity index (χ4n) is 5.29. The molecule has 4 rings (SSSR count). The van der Waals surface area contributed by atoms with Crippen molar-refractivity contribution in [1.29, 1.82) is 0 Å². The lowest BCUT2D eigenvalue weighted by atomic mass is 9.92. The molecular formula is C34H39ClN2O8. The number of ether oxygens (including phenoxy) is 3. The number of carboxylic acid groups (broad SMARTS) is 1. The lowest BCUT2D eigenvalue weighted by Crippen LogP contribution is -2.46. The Hall–Kier alpha value is -4.12. The van der Waals surface area contributed by atoms with Crippen molar-refractivity contribution < 1.29 is 38.8 Å². The number of para-hydroxylation sites is 1. The molecule has 2 atom stereocenters. The number of carbonyl (C=O) groups excluding carboxylic acids is 2. The van der Waals surface area contributed by atoms with Gasteiger partial charge in [0.1, 0.15) is 12.2 Å². The summed E-state index contributed by atoms with van der Waals surface area (Å²) in [6.07, 6.45) is -1.96. The predicted octanol–water partition coefficient (Wildman–Crippen LogP) is 4.92. The minimum atomic E-state index is -1.20. The highest BCUT2D eigenvalue weighted by molar-refractivity contribution is 6.30. The molecule has 10 nitrogen and oxygen atoms in total.